The molecule has 0 saturated heterocycles. The van der Waals surface area contributed by atoms with Crippen LogP contribution in [0.3, 0.4) is 0 Å². The Kier molecular flexibility index (Phi) is 2.68. The maximum atomic E-state index is 12.3. The minimum Gasteiger partial charge on any atom is -0.235 e. The summed E-state index contributed by atoms with van der Waals surface area (Å²) in [6.45, 7) is 0.581. The monoisotopic (exact) mass is 196 g/mol. The average Bonchev–Trinajstić information content (AvgIpc) is 1.52. The molecule has 0 aliphatic heterocycles. The van der Waals surface area contributed by atoms with Crippen molar-refractivity contribution in [3.05, 3.63) is 0 Å². The van der Waals surface area contributed by atoms with Crippen LogP contribution in [0.5, 0.6) is 0 Å². The molecule has 0 spiro atoms. The largest absolute Gasteiger partial charge is 0.527 e. The first kappa shape index (κ1) is 11.5. The molecule has 0 unspecified atom stereocenters. The Morgan fingerprint density at radius 1 is 0.833 bits per heavy atom. The topological polar surface area (TPSA) is 9.23 Å². The zero-order chi connectivity index (χ0) is 10.2. The molecule has 0 aromatic heterocycles. The van der Waals surface area contributed by atoms with Gasteiger partial charge in [-0.3, -0.25) is 0 Å². The molecular formula is C5H6F6O. The first-order valence-electron chi connectivity index (χ1n) is 2.79. The van der Waals surface area contributed by atoms with Crippen molar-refractivity contribution in [2.24, 2.45) is 0 Å². The molecule has 0 heterocycles. The lowest BCUT2D eigenvalue weighted by Gasteiger charge is -2.26. The average molecular weight is 196 g/mol. The van der Waals surface area contributed by atoms with Crippen molar-refractivity contribution in [1.82, 2.24) is 0 Å². The lowest BCUT2D eigenvalue weighted by atomic mass is 10.1. The third kappa shape index (κ3) is 3.29. The van der Waals surface area contributed by atoms with Gasteiger partial charge in [0.05, 0.1) is 0 Å². The molecule has 0 rings (SSSR count). The minimum atomic E-state index is -5.55. The maximum Gasteiger partial charge on any atom is 0.527 e. The highest BCUT2D eigenvalue weighted by atomic mass is 19.4. The molecule has 7 heteroatoms. The third-order valence-electron chi connectivity index (χ3n) is 0.936. The highest BCUT2D eigenvalue weighted by molar-refractivity contribution is 4.77. The molecule has 0 aromatic carbocycles. The molecule has 0 saturated carbocycles. The fraction of sp³-hybridized carbons (Fsp3) is 1.00. The number of hydrogen-bond acceptors (Lipinski definition) is 1. The van der Waals surface area contributed by atoms with E-state index >= 15 is 0 Å². The Bertz CT molecular complexity index is 154. The number of ether oxygens (including phenoxy) is 1. The Hall–Kier alpha value is -0.460. The van der Waals surface area contributed by atoms with Crippen molar-refractivity contribution >= 4 is 0 Å². The van der Waals surface area contributed by atoms with Gasteiger partial charge < -0.3 is 0 Å². The van der Waals surface area contributed by atoms with E-state index in [1.165, 1.54) is 0 Å². The van der Waals surface area contributed by atoms with E-state index in [0.717, 1.165) is 0 Å². The van der Waals surface area contributed by atoms with Crippen molar-refractivity contribution < 1.29 is 31.1 Å². The van der Waals surface area contributed by atoms with Gasteiger partial charge in [0, 0.05) is 0 Å². The van der Waals surface area contributed by atoms with Crippen LogP contribution in [-0.2, 0) is 4.74 Å². The molecule has 0 bridgehead atoms. The van der Waals surface area contributed by atoms with Crippen molar-refractivity contribution in [3.8, 4) is 0 Å². The standard InChI is InChI=1S/C5H6F6O/c1-3(2,6)4(7,8)12-5(9,10)11/h1-2H3. The van der Waals surface area contributed by atoms with E-state index in [1.807, 2.05) is 0 Å². The van der Waals surface area contributed by atoms with Crippen LogP contribution in [0.15, 0.2) is 0 Å². The van der Waals surface area contributed by atoms with Gasteiger partial charge in [-0.05, 0) is 13.8 Å². The summed E-state index contributed by atoms with van der Waals surface area (Å²) in [7, 11) is 0. The van der Waals surface area contributed by atoms with E-state index in [1.54, 1.807) is 0 Å². The van der Waals surface area contributed by atoms with Crippen molar-refractivity contribution in [2.45, 2.75) is 32.0 Å². The van der Waals surface area contributed by atoms with Gasteiger partial charge in [-0.2, -0.15) is 8.78 Å². The number of hydrogen-bond donors (Lipinski definition) is 0. The van der Waals surface area contributed by atoms with Crippen molar-refractivity contribution in [2.75, 3.05) is 0 Å². The molecule has 0 aliphatic carbocycles. The molecule has 1 nitrogen and oxygen atoms in total. The van der Waals surface area contributed by atoms with Crippen LogP contribution in [0.4, 0.5) is 26.3 Å². The molecule has 0 aromatic rings. The van der Waals surface area contributed by atoms with Gasteiger partial charge >= 0.3 is 12.5 Å². The molecule has 0 N–H and O–H groups in total. The fourth-order valence-electron chi connectivity index (χ4n) is 0.267. The summed E-state index contributed by atoms with van der Waals surface area (Å²) >= 11 is 0. The van der Waals surface area contributed by atoms with E-state index < -0.39 is 18.1 Å². The van der Waals surface area contributed by atoms with Gasteiger partial charge in [0.15, 0.2) is 5.67 Å². The van der Waals surface area contributed by atoms with Gasteiger partial charge in [0.25, 0.3) is 0 Å². The van der Waals surface area contributed by atoms with Gasteiger partial charge in [-0.15, -0.1) is 13.2 Å². The quantitative estimate of drug-likeness (QED) is 0.617. The summed E-state index contributed by atoms with van der Waals surface area (Å²) in [5, 5.41) is 0. The van der Waals surface area contributed by atoms with Crippen LogP contribution in [0.1, 0.15) is 13.8 Å². The summed E-state index contributed by atoms with van der Waals surface area (Å²) in [5.41, 5.74) is -3.37. The molecular weight excluding hydrogens is 190 g/mol. The number of halogens is 6. The summed E-state index contributed by atoms with van der Waals surface area (Å²) in [6.07, 6.45) is -10.4. The minimum absolute atomic E-state index is 0.290. The number of alkyl halides is 6. The summed E-state index contributed by atoms with van der Waals surface area (Å²) in [4.78, 5) is 0. The first-order chi connectivity index (χ1) is 4.96. The summed E-state index contributed by atoms with van der Waals surface area (Å²) in [6, 6.07) is 0. The fourth-order valence-corrected chi connectivity index (χ4v) is 0.267. The van der Waals surface area contributed by atoms with Crippen LogP contribution in [-0.4, -0.2) is 18.1 Å². The maximum absolute atomic E-state index is 12.3. The van der Waals surface area contributed by atoms with Gasteiger partial charge in [-0.25, -0.2) is 9.13 Å². The summed E-state index contributed by atoms with van der Waals surface area (Å²) < 4.78 is 72.5. The lowest BCUT2D eigenvalue weighted by Crippen LogP contribution is -2.44. The Labute approximate surface area is 64.3 Å². The predicted octanol–water partition coefficient (Wildman–Crippen LogP) is 2.86. The van der Waals surface area contributed by atoms with Crippen molar-refractivity contribution in [1.29, 1.82) is 0 Å². The highest BCUT2D eigenvalue weighted by Crippen LogP contribution is 2.37. The van der Waals surface area contributed by atoms with E-state index in [4.69, 9.17) is 0 Å². The number of rotatable bonds is 2. The third-order valence-corrected chi connectivity index (χ3v) is 0.936. The van der Waals surface area contributed by atoms with Crippen LogP contribution in [0.25, 0.3) is 0 Å². The molecule has 0 atom stereocenters. The van der Waals surface area contributed by atoms with Crippen LogP contribution >= 0.6 is 0 Å². The molecule has 0 amide bonds. The van der Waals surface area contributed by atoms with Gasteiger partial charge in [0.2, 0.25) is 0 Å². The highest BCUT2D eigenvalue weighted by Gasteiger charge is 2.56. The zero-order valence-corrected chi connectivity index (χ0v) is 6.18. The second kappa shape index (κ2) is 2.79. The summed E-state index contributed by atoms with van der Waals surface area (Å²) in [5.74, 6) is 0. The molecule has 74 valence electrons. The van der Waals surface area contributed by atoms with E-state index in [9.17, 15) is 26.3 Å². The van der Waals surface area contributed by atoms with Crippen LogP contribution in [0, 0.1) is 0 Å². The van der Waals surface area contributed by atoms with Gasteiger partial charge in [0.1, 0.15) is 0 Å². The first-order valence-corrected chi connectivity index (χ1v) is 2.79. The normalized spacial score (nSPS) is 15.0. The molecule has 0 fully saturated rings. The Morgan fingerprint density at radius 2 is 1.17 bits per heavy atom. The van der Waals surface area contributed by atoms with E-state index in [-0.39, 0.29) is 0 Å². The van der Waals surface area contributed by atoms with E-state index in [0.29, 0.717) is 13.8 Å². The van der Waals surface area contributed by atoms with Crippen LogP contribution < -0.4 is 0 Å². The molecule has 12 heavy (non-hydrogen) atoms. The predicted molar refractivity (Wildman–Crippen MR) is 27.3 cm³/mol. The van der Waals surface area contributed by atoms with Gasteiger partial charge in [-0.1, -0.05) is 0 Å². The second-order valence-electron chi connectivity index (χ2n) is 2.54. The van der Waals surface area contributed by atoms with Crippen LogP contribution in [0.2, 0.25) is 0 Å². The smallest absolute Gasteiger partial charge is 0.235 e. The SMILES string of the molecule is CC(C)(F)C(F)(F)OC(F)(F)F. The molecule has 0 radical (unpaired) electrons. The Balaban J connectivity index is 4.44. The lowest BCUT2D eigenvalue weighted by molar-refractivity contribution is -0.447. The zero-order valence-electron chi connectivity index (χ0n) is 6.18. The second-order valence-corrected chi connectivity index (χ2v) is 2.54. The Morgan fingerprint density at radius 3 is 1.25 bits per heavy atom. The molecule has 0 aliphatic rings. The van der Waals surface area contributed by atoms with Crippen molar-refractivity contribution in [3.63, 3.8) is 0 Å². The van der Waals surface area contributed by atoms with E-state index in [2.05, 4.69) is 4.74 Å².